The van der Waals surface area contributed by atoms with Crippen molar-refractivity contribution in [2.45, 2.75) is 26.7 Å². The van der Waals surface area contributed by atoms with Gasteiger partial charge in [-0.15, -0.1) is 0 Å². The van der Waals surface area contributed by atoms with Crippen LogP contribution in [-0.2, 0) is 11.2 Å². The molecule has 0 heterocycles. The van der Waals surface area contributed by atoms with Crippen molar-refractivity contribution in [3.8, 4) is 5.75 Å². The molecular formula is C22H24O2. The van der Waals surface area contributed by atoms with E-state index >= 15 is 0 Å². The number of rotatable bonds is 7. The van der Waals surface area contributed by atoms with Gasteiger partial charge in [0.15, 0.2) is 5.78 Å². The van der Waals surface area contributed by atoms with Crippen LogP contribution >= 0.6 is 0 Å². The number of hydrogen-bond acceptors (Lipinski definition) is 2. The number of allylic oxidation sites excluding steroid dienone is 3. The molecule has 0 atom stereocenters. The van der Waals surface area contributed by atoms with E-state index in [-0.39, 0.29) is 5.78 Å². The Morgan fingerprint density at radius 2 is 1.75 bits per heavy atom. The highest BCUT2D eigenvalue weighted by atomic mass is 16.5. The molecule has 0 radical (unpaired) electrons. The van der Waals surface area contributed by atoms with Crippen LogP contribution < -0.4 is 4.74 Å². The van der Waals surface area contributed by atoms with E-state index in [0.29, 0.717) is 0 Å². The maximum Gasteiger partial charge on any atom is 0.184 e. The third kappa shape index (κ3) is 5.24. The fourth-order valence-electron chi connectivity index (χ4n) is 2.55. The number of Topliss-reactive ketones (excluding diaryl/α,β-unsaturated/α-hetero) is 1. The first-order valence-corrected chi connectivity index (χ1v) is 8.18. The largest absolute Gasteiger partial charge is 0.497 e. The van der Waals surface area contributed by atoms with Crippen molar-refractivity contribution in [2.75, 3.05) is 7.11 Å². The highest BCUT2D eigenvalue weighted by Crippen LogP contribution is 2.16. The molecule has 24 heavy (non-hydrogen) atoms. The third-order valence-electron chi connectivity index (χ3n) is 3.92. The van der Waals surface area contributed by atoms with Gasteiger partial charge in [-0.1, -0.05) is 48.5 Å². The molecule has 2 aromatic carbocycles. The van der Waals surface area contributed by atoms with Gasteiger partial charge in [0.2, 0.25) is 0 Å². The number of hydrogen-bond donors (Lipinski definition) is 0. The molecule has 2 heteroatoms. The Bertz CT molecular complexity index is 740. The van der Waals surface area contributed by atoms with Gasteiger partial charge >= 0.3 is 0 Å². The van der Waals surface area contributed by atoms with Crippen molar-refractivity contribution >= 4 is 11.9 Å². The van der Waals surface area contributed by atoms with E-state index in [2.05, 4.69) is 6.07 Å². The zero-order valence-corrected chi connectivity index (χ0v) is 14.6. The second kappa shape index (κ2) is 8.88. The van der Waals surface area contributed by atoms with Crippen LogP contribution in [0.25, 0.3) is 6.08 Å². The van der Waals surface area contributed by atoms with E-state index in [1.807, 2.05) is 74.5 Å². The van der Waals surface area contributed by atoms with Crippen LogP contribution in [-0.4, -0.2) is 12.9 Å². The maximum atomic E-state index is 12.4. The van der Waals surface area contributed by atoms with Crippen LogP contribution in [0, 0.1) is 0 Å². The summed E-state index contributed by atoms with van der Waals surface area (Å²) >= 11 is 0. The Labute approximate surface area is 144 Å². The molecule has 0 aromatic heterocycles. The Kier molecular flexibility index (Phi) is 6.56. The van der Waals surface area contributed by atoms with E-state index in [1.54, 1.807) is 7.11 Å². The zero-order chi connectivity index (χ0) is 17.4. The van der Waals surface area contributed by atoms with Crippen molar-refractivity contribution in [1.29, 1.82) is 0 Å². The van der Waals surface area contributed by atoms with Gasteiger partial charge < -0.3 is 4.74 Å². The monoisotopic (exact) mass is 320 g/mol. The first kappa shape index (κ1) is 17.7. The van der Waals surface area contributed by atoms with Crippen molar-refractivity contribution in [2.24, 2.45) is 0 Å². The molecule has 0 aliphatic heterocycles. The van der Waals surface area contributed by atoms with Gasteiger partial charge in [-0.05, 0) is 67.2 Å². The Balaban J connectivity index is 1.97. The highest BCUT2D eigenvalue weighted by Gasteiger charge is 2.07. The van der Waals surface area contributed by atoms with Gasteiger partial charge in [0, 0.05) is 0 Å². The van der Waals surface area contributed by atoms with Crippen molar-refractivity contribution < 1.29 is 9.53 Å². The molecule has 0 aliphatic carbocycles. The van der Waals surface area contributed by atoms with Crippen LogP contribution in [0.1, 0.15) is 31.4 Å². The SMILES string of the molecule is COc1cccc(CC/C=C(\C)C(=O)/C(C)=C/c2ccccc2)c1. The summed E-state index contributed by atoms with van der Waals surface area (Å²) in [5, 5.41) is 0. The second-order valence-electron chi connectivity index (χ2n) is 5.84. The van der Waals surface area contributed by atoms with Gasteiger partial charge in [-0.25, -0.2) is 0 Å². The molecule has 0 aliphatic rings. The fraction of sp³-hybridized carbons (Fsp3) is 0.227. The number of carbonyl (C=O) groups is 1. The molecular weight excluding hydrogens is 296 g/mol. The average Bonchev–Trinajstić information content (AvgIpc) is 2.62. The van der Waals surface area contributed by atoms with Gasteiger partial charge in [0.25, 0.3) is 0 Å². The van der Waals surface area contributed by atoms with Crippen molar-refractivity contribution in [3.05, 3.63) is 82.9 Å². The van der Waals surface area contributed by atoms with Crippen LogP contribution in [0.3, 0.4) is 0 Å². The number of methoxy groups -OCH3 is 1. The highest BCUT2D eigenvalue weighted by molar-refractivity contribution is 6.10. The van der Waals surface area contributed by atoms with Gasteiger partial charge in [-0.2, -0.15) is 0 Å². The van der Waals surface area contributed by atoms with E-state index in [4.69, 9.17) is 4.74 Å². The predicted octanol–water partition coefficient (Wildman–Crippen LogP) is 5.25. The summed E-state index contributed by atoms with van der Waals surface area (Å²) in [6, 6.07) is 17.9. The minimum absolute atomic E-state index is 0.101. The molecule has 0 saturated heterocycles. The van der Waals surface area contributed by atoms with Crippen LogP contribution in [0.4, 0.5) is 0 Å². The van der Waals surface area contributed by atoms with E-state index < -0.39 is 0 Å². The molecule has 0 unspecified atom stereocenters. The minimum Gasteiger partial charge on any atom is -0.497 e. The zero-order valence-electron chi connectivity index (χ0n) is 14.6. The van der Waals surface area contributed by atoms with Gasteiger partial charge in [0.05, 0.1) is 7.11 Å². The molecule has 0 bridgehead atoms. The summed E-state index contributed by atoms with van der Waals surface area (Å²) in [4.78, 5) is 12.4. The van der Waals surface area contributed by atoms with E-state index in [1.165, 1.54) is 5.56 Å². The molecule has 0 fully saturated rings. The lowest BCUT2D eigenvalue weighted by Crippen LogP contribution is -2.01. The van der Waals surface area contributed by atoms with Gasteiger partial charge in [-0.3, -0.25) is 4.79 Å². The first-order chi connectivity index (χ1) is 11.6. The smallest absolute Gasteiger partial charge is 0.184 e. The normalized spacial score (nSPS) is 12.1. The number of aryl methyl sites for hydroxylation is 1. The maximum absolute atomic E-state index is 12.4. The lowest BCUT2D eigenvalue weighted by atomic mass is 10.0. The van der Waals surface area contributed by atoms with E-state index in [9.17, 15) is 4.79 Å². The summed E-state index contributed by atoms with van der Waals surface area (Å²) in [5.41, 5.74) is 3.81. The van der Waals surface area contributed by atoms with Crippen LogP contribution in [0.15, 0.2) is 71.8 Å². The second-order valence-corrected chi connectivity index (χ2v) is 5.84. The third-order valence-corrected chi connectivity index (χ3v) is 3.92. The molecule has 0 N–H and O–H groups in total. The van der Waals surface area contributed by atoms with Crippen molar-refractivity contribution in [3.63, 3.8) is 0 Å². The molecule has 0 spiro atoms. The summed E-state index contributed by atoms with van der Waals surface area (Å²) in [6.07, 6.45) is 5.68. The molecule has 0 amide bonds. The van der Waals surface area contributed by atoms with E-state index in [0.717, 1.165) is 35.3 Å². The lowest BCUT2D eigenvalue weighted by molar-refractivity contribution is -0.112. The number of benzene rings is 2. The lowest BCUT2D eigenvalue weighted by Gasteiger charge is -2.04. The van der Waals surface area contributed by atoms with Gasteiger partial charge in [0.1, 0.15) is 5.75 Å². The fourth-order valence-corrected chi connectivity index (χ4v) is 2.55. The number of ketones is 1. The minimum atomic E-state index is 0.101. The topological polar surface area (TPSA) is 26.3 Å². The summed E-state index contributed by atoms with van der Waals surface area (Å²) < 4.78 is 5.23. The summed E-state index contributed by atoms with van der Waals surface area (Å²) in [7, 11) is 1.67. The molecule has 2 nitrogen and oxygen atoms in total. The Hall–Kier alpha value is -2.61. The summed E-state index contributed by atoms with van der Waals surface area (Å²) in [5.74, 6) is 0.968. The summed E-state index contributed by atoms with van der Waals surface area (Å²) in [6.45, 7) is 3.75. The molecule has 0 saturated carbocycles. The van der Waals surface area contributed by atoms with Crippen LogP contribution in [0.2, 0.25) is 0 Å². The number of carbonyl (C=O) groups excluding carboxylic acids is 1. The molecule has 124 valence electrons. The Morgan fingerprint density at radius 1 is 1.00 bits per heavy atom. The predicted molar refractivity (Wildman–Crippen MR) is 100 cm³/mol. The first-order valence-electron chi connectivity index (χ1n) is 8.18. The standard InChI is InChI=1S/C22H24O2/c1-17(9-7-12-20-13-8-14-21(16-20)24-3)22(23)18(2)15-19-10-5-4-6-11-19/h4-6,8-11,13-16H,7,12H2,1-3H3/b17-9+,18-15+. The van der Waals surface area contributed by atoms with Crippen molar-refractivity contribution in [1.82, 2.24) is 0 Å². The number of ether oxygens (including phenoxy) is 1. The molecule has 2 aromatic rings. The Morgan fingerprint density at radius 3 is 2.46 bits per heavy atom. The quantitative estimate of drug-likeness (QED) is 0.652. The van der Waals surface area contributed by atoms with Crippen LogP contribution in [0.5, 0.6) is 5.75 Å². The molecule has 2 rings (SSSR count). The average molecular weight is 320 g/mol.